The zero-order valence-corrected chi connectivity index (χ0v) is 18.8. The largest absolute Gasteiger partial charge is 0.496 e. The topological polar surface area (TPSA) is 25.4 Å². The molecule has 1 aliphatic rings. The van der Waals surface area contributed by atoms with Gasteiger partial charge in [-0.25, -0.2) is 0 Å². The van der Waals surface area contributed by atoms with E-state index in [1.807, 2.05) is 12.3 Å². The lowest BCUT2D eigenvalue weighted by molar-refractivity contribution is 0.152. The summed E-state index contributed by atoms with van der Waals surface area (Å²) in [6, 6.07) is 19.8. The molecule has 0 radical (unpaired) electrons. The number of piperidine rings is 1. The number of benzene rings is 2. The summed E-state index contributed by atoms with van der Waals surface area (Å²) in [7, 11) is 1.75. The summed E-state index contributed by atoms with van der Waals surface area (Å²) in [6.45, 7) is 6.65. The normalized spacial score (nSPS) is 17.2. The summed E-state index contributed by atoms with van der Waals surface area (Å²) < 4.78 is 5.72. The van der Waals surface area contributed by atoms with E-state index in [4.69, 9.17) is 4.74 Å². The van der Waals surface area contributed by atoms with Crippen LogP contribution >= 0.6 is 0 Å². The molecule has 2 heterocycles. The SMILES string of the molecule is COc1cc(CN2CCCC[C@H]2C)ccc1/C=C/c1nccc(-c2ccccc2)c1C. The van der Waals surface area contributed by atoms with Crippen molar-refractivity contribution in [3.05, 3.63) is 83.2 Å². The lowest BCUT2D eigenvalue weighted by Crippen LogP contribution is -2.36. The van der Waals surface area contributed by atoms with E-state index >= 15 is 0 Å². The number of aromatic nitrogens is 1. The number of likely N-dealkylation sites (tertiary alicyclic amines) is 1. The Morgan fingerprint density at radius 2 is 1.90 bits per heavy atom. The molecule has 3 nitrogen and oxygen atoms in total. The predicted octanol–water partition coefficient (Wildman–Crippen LogP) is 6.61. The third-order valence-corrected chi connectivity index (χ3v) is 6.37. The van der Waals surface area contributed by atoms with Gasteiger partial charge in [-0.15, -0.1) is 0 Å². The zero-order valence-electron chi connectivity index (χ0n) is 18.8. The molecule has 0 amide bonds. The van der Waals surface area contributed by atoms with E-state index in [1.165, 1.54) is 48.1 Å². The summed E-state index contributed by atoms with van der Waals surface area (Å²) in [5, 5.41) is 0. The Kier molecular flexibility index (Phi) is 6.83. The molecule has 31 heavy (non-hydrogen) atoms. The molecule has 0 spiro atoms. The van der Waals surface area contributed by atoms with Crippen LogP contribution in [0, 0.1) is 6.92 Å². The molecular formula is C28H32N2O. The second kappa shape index (κ2) is 9.93. The summed E-state index contributed by atoms with van der Waals surface area (Å²) in [6.07, 6.45) is 10.0. The van der Waals surface area contributed by atoms with Crippen molar-refractivity contribution in [1.29, 1.82) is 0 Å². The third kappa shape index (κ3) is 5.05. The Labute approximate surface area is 186 Å². The maximum atomic E-state index is 5.72. The van der Waals surface area contributed by atoms with Crippen LogP contribution < -0.4 is 4.74 Å². The van der Waals surface area contributed by atoms with Crippen LogP contribution in [-0.2, 0) is 6.54 Å². The highest BCUT2D eigenvalue weighted by Gasteiger charge is 2.18. The van der Waals surface area contributed by atoms with Gasteiger partial charge in [-0.3, -0.25) is 9.88 Å². The number of pyridine rings is 1. The Balaban J connectivity index is 1.55. The van der Waals surface area contributed by atoms with Crippen LogP contribution in [0.5, 0.6) is 5.75 Å². The lowest BCUT2D eigenvalue weighted by atomic mass is 9.99. The quantitative estimate of drug-likeness (QED) is 0.455. The van der Waals surface area contributed by atoms with Crippen molar-refractivity contribution in [2.45, 2.75) is 45.7 Å². The van der Waals surface area contributed by atoms with Gasteiger partial charge in [-0.05, 0) is 79.8 Å². The van der Waals surface area contributed by atoms with Crippen LogP contribution in [0.25, 0.3) is 23.3 Å². The van der Waals surface area contributed by atoms with Crippen LogP contribution in [-0.4, -0.2) is 29.6 Å². The number of hydrogen-bond donors (Lipinski definition) is 0. The van der Waals surface area contributed by atoms with E-state index in [2.05, 4.69) is 84.4 Å². The molecule has 160 valence electrons. The van der Waals surface area contributed by atoms with Crippen molar-refractivity contribution in [1.82, 2.24) is 9.88 Å². The van der Waals surface area contributed by atoms with Gasteiger partial charge in [0, 0.05) is 24.3 Å². The summed E-state index contributed by atoms with van der Waals surface area (Å²) in [4.78, 5) is 7.18. The second-order valence-corrected chi connectivity index (χ2v) is 8.46. The molecule has 1 aromatic heterocycles. The molecule has 0 saturated carbocycles. The minimum absolute atomic E-state index is 0.658. The molecule has 4 rings (SSSR count). The van der Waals surface area contributed by atoms with Crippen molar-refractivity contribution in [3.63, 3.8) is 0 Å². The first kappa shape index (κ1) is 21.3. The molecule has 2 aromatic carbocycles. The molecule has 0 aliphatic carbocycles. The van der Waals surface area contributed by atoms with Gasteiger partial charge in [0.05, 0.1) is 12.8 Å². The van der Waals surface area contributed by atoms with Crippen LogP contribution in [0.2, 0.25) is 0 Å². The van der Waals surface area contributed by atoms with Gasteiger partial charge in [-0.2, -0.15) is 0 Å². The summed E-state index contributed by atoms with van der Waals surface area (Å²) >= 11 is 0. The Hall–Kier alpha value is -2.91. The molecule has 1 fully saturated rings. The maximum Gasteiger partial charge on any atom is 0.126 e. The highest BCUT2D eigenvalue weighted by molar-refractivity contribution is 5.77. The lowest BCUT2D eigenvalue weighted by Gasteiger charge is -2.33. The van der Waals surface area contributed by atoms with Gasteiger partial charge in [0.1, 0.15) is 5.75 Å². The molecule has 1 aliphatic heterocycles. The van der Waals surface area contributed by atoms with E-state index in [0.717, 1.165) is 23.6 Å². The van der Waals surface area contributed by atoms with Crippen molar-refractivity contribution in [2.24, 2.45) is 0 Å². The van der Waals surface area contributed by atoms with Crippen molar-refractivity contribution in [3.8, 4) is 16.9 Å². The number of nitrogens with zero attached hydrogens (tertiary/aromatic N) is 2. The predicted molar refractivity (Wildman–Crippen MR) is 130 cm³/mol. The number of rotatable bonds is 6. The Morgan fingerprint density at radius 1 is 1.06 bits per heavy atom. The minimum atomic E-state index is 0.658. The number of hydrogen-bond acceptors (Lipinski definition) is 3. The first-order valence-electron chi connectivity index (χ1n) is 11.3. The average molecular weight is 413 g/mol. The first-order chi connectivity index (χ1) is 15.2. The highest BCUT2D eigenvalue weighted by Crippen LogP contribution is 2.28. The summed E-state index contributed by atoms with van der Waals surface area (Å²) in [5.41, 5.74) is 6.97. The molecule has 3 aromatic rings. The van der Waals surface area contributed by atoms with Crippen LogP contribution in [0.4, 0.5) is 0 Å². The van der Waals surface area contributed by atoms with Crippen molar-refractivity contribution in [2.75, 3.05) is 13.7 Å². The van der Waals surface area contributed by atoms with E-state index in [1.54, 1.807) is 7.11 Å². The van der Waals surface area contributed by atoms with Crippen LogP contribution in [0.1, 0.15) is 48.6 Å². The van der Waals surface area contributed by atoms with Crippen LogP contribution in [0.3, 0.4) is 0 Å². The van der Waals surface area contributed by atoms with Gasteiger partial charge in [0.15, 0.2) is 0 Å². The van der Waals surface area contributed by atoms with E-state index in [0.29, 0.717) is 6.04 Å². The van der Waals surface area contributed by atoms with Crippen molar-refractivity contribution >= 4 is 12.2 Å². The molecule has 0 bridgehead atoms. The molecular weight excluding hydrogens is 380 g/mol. The van der Waals surface area contributed by atoms with Crippen LogP contribution in [0.15, 0.2) is 60.8 Å². The molecule has 1 saturated heterocycles. The van der Waals surface area contributed by atoms with Gasteiger partial charge >= 0.3 is 0 Å². The van der Waals surface area contributed by atoms with E-state index in [-0.39, 0.29) is 0 Å². The number of ether oxygens (including phenoxy) is 1. The number of methoxy groups -OCH3 is 1. The second-order valence-electron chi connectivity index (χ2n) is 8.46. The molecule has 3 heteroatoms. The fraction of sp³-hybridized carbons (Fsp3) is 0.321. The highest BCUT2D eigenvalue weighted by atomic mass is 16.5. The van der Waals surface area contributed by atoms with Gasteiger partial charge in [0.2, 0.25) is 0 Å². The fourth-order valence-corrected chi connectivity index (χ4v) is 4.44. The Bertz CT molecular complexity index is 1040. The van der Waals surface area contributed by atoms with Gasteiger partial charge in [0.25, 0.3) is 0 Å². The first-order valence-corrected chi connectivity index (χ1v) is 11.3. The minimum Gasteiger partial charge on any atom is -0.496 e. The van der Waals surface area contributed by atoms with Gasteiger partial charge < -0.3 is 4.74 Å². The van der Waals surface area contributed by atoms with Crippen molar-refractivity contribution < 1.29 is 4.74 Å². The Morgan fingerprint density at radius 3 is 2.68 bits per heavy atom. The molecule has 0 N–H and O–H groups in total. The molecule has 0 unspecified atom stereocenters. The van der Waals surface area contributed by atoms with E-state index < -0.39 is 0 Å². The zero-order chi connectivity index (χ0) is 21.6. The summed E-state index contributed by atoms with van der Waals surface area (Å²) in [5.74, 6) is 0.912. The third-order valence-electron chi connectivity index (χ3n) is 6.37. The smallest absolute Gasteiger partial charge is 0.126 e. The van der Waals surface area contributed by atoms with E-state index in [9.17, 15) is 0 Å². The molecule has 1 atom stereocenters. The standard InChI is InChI=1S/C28H32N2O/c1-21-9-7-8-18-30(21)20-23-12-13-25(28(19-23)31-3)14-15-27-22(2)26(16-17-29-27)24-10-5-4-6-11-24/h4-6,10-17,19,21H,7-9,18,20H2,1-3H3/b15-14+/t21-/m1/s1. The fourth-order valence-electron chi connectivity index (χ4n) is 4.44. The van der Waals surface area contributed by atoms with Gasteiger partial charge in [-0.1, -0.05) is 48.9 Å². The monoisotopic (exact) mass is 412 g/mol. The average Bonchev–Trinajstić information content (AvgIpc) is 2.81. The maximum absolute atomic E-state index is 5.72.